The molecule has 0 bridgehead atoms. The van der Waals surface area contributed by atoms with E-state index in [1.54, 1.807) is 13.3 Å². The minimum atomic E-state index is 0.0683. The van der Waals surface area contributed by atoms with Gasteiger partial charge in [-0.15, -0.1) is 0 Å². The molecule has 4 nitrogen and oxygen atoms in total. The molecule has 1 saturated carbocycles. The molecular weight excluding hydrogens is 228 g/mol. The highest BCUT2D eigenvalue weighted by atomic mass is 16.5. The number of nitrogen functional groups attached to an aromatic ring is 1. The summed E-state index contributed by atoms with van der Waals surface area (Å²) in [6.07, 6.45) is 4.88. The van der Waals surface area contributed by atoms with Crippen molar-refractivity contribution in [2.24, 2.45) is 0 Å². The third kappa shape index (κ3) is 1.99. The zero-order valence-electron chi connectivity index (χ0n) is 10.3. The molecule has 1 fully saturated rings. The standard InChI is InChI=1S/C14H16N2O2/c1-17-14(5-6-14)8-10-3-2-4-11(7-10)12-9-16-18-13(12)15/h2-4,7,9H,5-6,8,15H2,1H3. The van der Waals surface area contributed by atoms with Crippen molar-refractivity contribution >= 4 is 5.88 Å². The zero-order chi connectivity index (χ0) is 12.6. The average molecular weight is 244 g/mol. The van der Waals surface area contributed by atoms with Gasteiger partial charge in [0.05, 0.1) is 17.4 Å². The molecule has 1 heterocycles. The molecule has 1 aromatic carbocycles. The van der Waals surface area contributed by atoms with E-state index in [0.717, 1.165) is 30.4 Å². The monoisotopic (exact) mass is 244 g/mol. The van der Waals surface area contributed by atoms with Gasteiger partial charge in [0.1, 0.15) is 0 Å². The first kappa shape index (κ1) is 11.3. The molecule has 0 amide bonds. The lowest BCUT2D eigenvalue weighted by Crippen LogP contribution is -2.14. The summed E-state index contributed by atoms with van der Waals surface area (Å²) in [6, 6.07) is 8.29. The molecule has 3 rings (SSSR count). The van der Waals surface area contributed by atoms with Crippen LogP contribution in [-0.4, -0.2) is 17.9 Å². The van der Waals surface area contributed by atoms with E-state index in [2.05, 4.69) is 17.3 Å². The summed E-state index contributed by atoms with van der Waals surface area (Å²) in [4.78, 5) is 0. The highest BCUT2D eigenvalue weighted by Gasteiger charge is 2.42. The quantitative estimate of drug-likeness (QED) is 0.898. The summed E-state index contributed by atoms with van der Waals surface area (Å²) in [5.41, 5.74) is 8.95. The molecule has 0 aliphatic heterocycles. The Bertz CT molecular complexity index is 558. The van der Waals surface area contributed by atoms with Crippen LogP contribution in [0.5, 0.6) is 0 Å². The van der Waals surface area contributed by atoms with Gasteiger partial charge in [-0.05, 0) is 24.0 Å². The molecule has 4 heteroatoms. The van der Waals surface area contributed by atoms with Gasteiger partial charge >= 0.3 is 0 Å². The number of rotatable bonds is 4. The molecule has 94 valence electrons. The van der Waals surface area contributed by atoms with E-state index in [9.17, 15) is 0 Å². The molecule has 0 atom stereocenters. The highest BCUT2D eigenvalue weighted by molar-refractivity contribution is 5.72. The molecule has 0 saturated heterocycles. The molecular formula is C14H16N2O2. The van der Waals surface area contributed by atoms with Crippen LogP contribution < -0.4 is 5.73 Å². The van der Waals surface area contributed by atoms with Crippen LogP contribution in [0.3, 0.4) is 0 Å². The lowest BCUT2D eigenvalue weighted by Gasteiger charge is -2.13. The first-order chi connectivity index (χ1) is 8.72. The van der Waals surface area contributed by atoms with Gasteiger partial charge in [-0.2, -0.15) is 0 Å². The van der Waals surface area contributed by atoms with Crippen molar-refractivity contribution in [3.8, 4) is 11.1 Å². The van der Waals surface area contributed by atoms with Crippen molar-refractivity contribution in [1.29, 1.82) is 0 Å². The van der Waals surface area contributed by atoms with Crippen LogP contribution in [0.15, 0.2) is 35.0 Å². The lowest BCUT2D eigenvalue weighted by molar-refractivity contribution is 0.0808. The van der Waals surface area contributed by atoms with Crippen LogP contribution in [0.2, 0.25) is 0 Å². The number of nitrogens with two attached hydrogens (primary N) is 1. The van der Waals surface area contributed by atoms with Crippen LogP contribution in [-0.2, 0) is 11.2 Å². The fourth-order valence-electron chi connectivity index (χ4n) is 2.28. The van der Waals surface area contributed by atoms with Crippen molar-refractivity contribution in [3.05, 3.63) is 36.0 Å². The predicted octanol–water partition coefficient (Wildman–Crippen LogP) is 2.65. The van der Waals surface area contributed by atoms with Crippen LogP contribution in [0.25, 0.3) is 11.1 Å². The number of benzene rings is 1. The summed E-state index contributed by atoms with van der Waals surface area (Å²) in [7, 11) is 1.79. The highest BCUT2D eigenvalue weighted by Crippen LogP contribution is 2.42. The minimum Gasteiger partial charge on any atom is -0.378 e. The molecule has 2 aromatic rings. The zero-order valence-corrected chi connectivity index (χ0v) is 10.3. The van der Waals surface area contributed by atoms with Crippen molar-refractivity contribution < 1.29 is 9.26 Å². The minimum absolute atomic E-state index is 0.0683. The molecule has 1 aromatic heterocycles. The van der Waals surface area contributed by atoms with Crippen molar-refractivity contribution in [2.45, 2.75) is 24.9 Å². The molecule has 18 heavy (non-hydrogen) atoms. The van der Waals surface area contributed by atoms with Gasteiger partial charge in [-0.1, -0.05) is 29.4 Å². The van der Waals surface area contributed by atoms with Gasteiger partial charge in [0.25, 0.3) is 0 Å². The van der Waals surface area contributed by atoms with Crippen LogP contribution in [0.4, 0.5) is 5.88 Å². The number of hydrogen-bond donors (Lipinski definition) is 1. The molecule has 1 aliphatic carbocycles. The average Bonchev–Trinajstić information content (AvgIpc) is 3.02. The Morgan fingerprint density at radius 2 is 2.28 bits per heavy atom. The van der Waals surface area contributed by atoms with Crippen molar-refractivity contribution in [3.63, 3.8) is 0 Å². The van der Waals surface area contributed by atoms with Crippen LogP contribution in [0, 0.1) is 0 Å². The van der Waals surface area contributed by atoms with Crippen molar-refractivity contribution in [2.75, 3.05) is 12.8 Å². The van der Waals surface area contributed by atoms with E-state index in [4.69, 9.17) is 15.0 Å². The Balaban J connectivity index is 1.88. The number of aromatic nitrogens is 1. The van der Waals surface area contributed by atoms with E-state index < -0.39 is 0 Å². The summed E-state index contributed by atoms with van der Waals surface area (Å²) >= 11 is 0. The summed E-state index contributed by atoms with van der Waals surface area (Å²) in [5.74, 6) is 0.361. The third-order valence-corrected chi connectivity index (χ3v) is 3.60. The van der Waals surface area contributed by atoms with E-state index in [1.165, 1.54) is 5.56 Å². The Morgan fingerprint density at radius 1 is 1.44 bits per heavy atom. The molecule has 1 aliphatic rings. The van der Waals surface area contributed by atoms with E-state index in [-0.39, 0.29) is 5.60 Å². The van der Waals surface area contributed by atoms with E-state index >= 15 is 0 Å². The van der Waals surface area contributed by atoms with E-state index in [0.29, 0.717) is 5.88 Å². The summed E-state index contributed by atoms with van der Waals surface area (Å²) in [5, 5.41) is 3.71. The van der Waals surface area contributed by atoms with E-state index in [1.807, 2.05) is 12.1 Å². The first-order valence-electron chi connectivity index (χ1n) is 6.07. The number of methoxy groups -OCH3 is 1. The lowest BCUT2D eigenvalue weighted by atomic mass is 10.0. The smallest absolute Gasteiger partial charge is 0.229 e. The first-order valence-corrected chi connectivity index (χ1v) is 6.07. The summed E-state index contributed by atoms with van der Waals surface area (Å²) in [6.45, 7) is 0. The maximum Gasteiger partial charge on any atom is 0.229 e. The Morgan fingerprint density at radius 3 is 2.89 bits per heavy atom. The van der Waals surface area contributed by atoms with Gasteiger partial charge in [-0.25, -0.2) is 0 Å². The van der Waals surface area contributed by atoms with Gasteiger partial charge < -0.3 is 15.0 Å². The molecule has 2 N–H and O–H groups in total. The Hall–Kier alpha value is -1.81. The second-order valence-corrected chi connectivity index (χ2v) is 4.87. The topological polar surface area (TPSA) is 61.3 Å². The maximum atomic E-state index is 5.73. The second kappa shape index (κ2) is 4.14. The number of nitrogens with zero attached hydrogens (tertiary/aromatic N) is 1. The van der Waals surface area contributed by atoms with Gasteiger partial charge in [0.15, 0.2) is 0 Å². The van der Waals surface area contributed by atoms with Gasteiger partial charge in [0, 0.05) is 13.5 Å². The number of ether oxygens (including phenoxy) is 1. The molecule has 0 radical (unpaired) electrons. The second-order valence-electron chi connectivity index (χ2n) is 4.87. The SMILES string of the molecule is COC1(Cc2cccc(-c3cnoc3N)c2)CC1. The molecule has 0 spiro atoms. The fraction of sp³-hybridized carbons (Fsp3) is 0.357. The summed E-state index contributed by atoms with van der Waals surface area (Å²) < 4.78 is 10.4. The van der Waals surface area contributed by atoms with Crippen LogP contribution >= 0.6 is 0 Å². The van der Waals surface area contributed by atoms with Crippen molar-refractivity contribution in [1.82, 2.24) is 5.16 Å². The molecule has 0 unspecified atom stereocenters. The third-order valence-electron chi connectivity index (χ3n) is 3.60. The number of hydrogen-bond acceptors (Lipinski definition) is 4. The fourth-order valence-corrected chi connectivity index (χ4v) is 2.28. The predicted molar refractivity (Wildman–Crippen MR) is 69.0 cm³/mol. The normalized spacial score (nSPS) is 16.7. The van der Waals surface area contributed by atoms with Gasteiger partial charge in [0.2, 0.25) is 5.88 Å². The van der Waals surface area contributed by atoms with Gasteiger partial charge in [-0.3, -0.25) is 0 Å². The van der Waals surface area contributed by atoms with Crippen LogP contribution in [0.1, 0.15) is 18.4 Å². The Labute approximate surface area is 106 Å². The Kier molecular flexibility index (Phi) is 2.59. The number of anilines is 1. The largest absolute Gasteiger partial charge is 0.378 e. The maximum absolute atomic E-state index is 5.73.